The van der Waals surface area contributed by atoms with Gasteiger partial charge in [0.15, 0.2) is 0 Å². The molecule has 17 heavy (non-hydrogen) atoms. The molecular weight excluding hydrogens is 224 g/mol. The maximum absolute atomic E-state index is 11.7. The van der Waals surface area contributed by atoms with Gasteiger partial charge in [0.25, 0.3) is 0 Å². The summed E-state index contributed by atoms with van der Waals surface area (Å²) >= 11 is 0. The van der Waals surface area contributed by atoms with E-state index in [0.717, 1.165) is 0 Å². The smallest absolute Gasteiger partial charge is 0.326 e. The fourth-order valence-electron chi connectivity index (χ4n) is 1.20. The van der Waals surface area contributed by atoms with Crippen LogP contribution in [-0.4, -0.2) is 54.9 Å². The minimum Gasteiger partial charge on any atom is -0.480 e. The van der Waals surface area contributed by atoms with Crippen LogP contribution >= 0.6 is 0 Å². The summed E-state index contributed by atoms with van der Waals surface area (Å²) in [4.78, 5) is 24.0. The summed E-state index contributed by atoms with van der Waals surface area (Å²) < 4.78 is 5.12. The van der Waals surface area contributed by atoms with Crippen LogP contribution in [-0.2, 0) is 9.53 Å². The van der Waals surface area contributed by atoms with Crippen molar-refractivity contribution in [3.8, 4) is 0 Å². The fraction of sp³-hybridized carbons (Fsp3) is 0.818. The molecule has 0 aliphatic carbocycles. The normalized spacial score (nSPS) is 12.3. The number of carbonyl (C=O) groups excluding carboxylic acids is 1. The molecular formula is C11H22N2O4. The van der Waals surface area contributed by atoms with Crippen LogP contribution in [0.5, 0.6) is 0 Å². The van der Waals surface area contributed by atoms with Gasteiger partial charge < -0.3 is 20.1 Å². The lowest BCUT2D eigenvalue weighted by Gasteiger charge is -2.23. The van der Waals surface area contributed by atoms with E-state index in [-0.39, 0.29) is 5.92 Å². The molecule has 0 rings (SSSR count). The number of amides is 2. The van der Waals surface area contributed by atoms with Crippen molar-refractivity contribution < 1.29 is 19.4 Å². The second kappa shape index (κ2) is 7.89. The van der Waals surface area contributed by atoms with Gasteiger partial charge >= 0.3 is 12.0 Å². The number of ether oxygens (including phenoxy) is 1. The molecule has 0 aliphatic heterocycles. The lowest BCUT2D eigenvalue weighted by atomic mass is 10.1. The van der Waals surface area contributed by atoms with Crippen LogP contribution in [0.3, 0.4) is 0 Å². The van der Waals surface area contributed by atoms with Gasteiger partial charge in [0.2, 0.25) is 0 Å². The second-order valence-corrected chi connectivity index (χ2v) is 4.13. The van der Waals surface area contributed by atoms with Crippen molar-refractivity contribution in [2.75, 3.05) is 26.8 Å². The Balaban J connectivity index is 4.16. The number of rotatable bonds is 7. The van der Waals surface area contributed by atoms with Crippen LogP contribution in [0.4, 0.5) is 4.79 Å². The largest absolute Gasteiger partial charge is 0.480 e. The van der Waals surface area contributed by atoms with E-state index in [1.807, 2.05) is 6.92 Å². The predicted octanol–water partition coefficient (Wildman–Crippen LogP) is 0.773. The van der Waals surface area contributed by atoms with Gasteiger partial charge in [0.05, 0.1) is 6.61 Å². The lowest BCUT2D eigenvalue weighted by molar-refractivity contribution is -0.140. The monoisotopic (exact) mass is 246 g/mol. The summed E-state index contributed by atoms with van der Waals surface area (Å²) in [6, 6.07) is -1.26. The number of nitrogens with zero attached hydrogens (tertiary/aromatic N) is 1. The van der Waals surface area contributed by atoms with Gasteiger partial charge in [-0.25, -0.2) is 9.59 Å². The minimum atomic E-state index is -1.02. The number of likely N-dealkylation sites (N-methyl/N-ethyl adjacent to an activating group) is 1. The number of carboxylic acids is 1. The van der Waals surface area contributed by atoms with E-state index in [9.17, 15) is 9.59 Å². The molecule has 100 valence electrons. The van der Waals surface area contributed by atoms with E-state index in [1.54, 1.807) is 20.9 Å². The molecule has 0 saturated heterocycles. The SMILES string of the molecule is CCOCCN(C)C(=O)N[C@H](C(=O)O)C(C)C. The number of hydrogen-bond donors (Lipinski definition) is 2. The van der Waals surface area contributed by atoms with E-state index < -0.39 is 18.0 Å². The average Bonchev–Trinajstić information content (AvgIpc) is 2.24. The van der Waals surface area contributed by atoms with E-state index in [0.29, 0.717) is 19.8 Å². The number of aliphatic carboxylic acids is 1. The van der Waals surface area contributed by atoms with Crippen LogP contribution in [0.15, 0.2) is 0 Å². The summed E-state index contributed by atoms with van der Waals surface area (Å²) in [6.07, 6.45) is 0. The van der Waals surface area contributed by atoms with E-state index in [2.05, 4.69) is 5.32 Å². The highest BCUT2D eigenvalue weighted by atomic mass is 16.5. The Morgan fingerprint density at radius 3 is 2.41 bits per heavy atom. The lowest BCUT2D eigenvalue weighted by Crippen LogP contribution is -2.49. The molecule has 0 fully saturated rings. The zero-order valence-electron chi connectivity index (χ0n) is 10.9. The summed E-state index contributed by atoms with van der Waals surface area (Å²) in [5, 5.41) is 11.4. The summed E-state index contributed by atoms with van der Waals surface area (Å²) in [5.74, 6) is -1.18. The van der Waals surface area contributed by atoms with Crippen molar-refractivity contribution in [3.05, 3.63) is 0 Å². The zero-order chi connectivity index (χ0) is 13.4. The molecule has 0 radical (unpaired) electrons. The van der Waals surface area contributed by atoms with Crippen LogP contribution in [0.1, 0.15) is 20.8 Å². The van der Waals surface area contributed by atoms with Gasteiger partial charge in [0.1, 0.15) is 6.04 Å². The third-order valence-corrected chi connectivity index (χ3v) is 2.33. The number of urea groups is 1. The van der Waals surface area contributed by atoms with E-state index >= 15 is 0 Å². The van der Waals surface area contributed by atoms with Crippen LogP contribution in [0.2, 0.25) is 0 Å². The molecule has 6 heteroatoms. The third-order valence-electron chi connectivity index (χ3n) is 2.33. The highest BCUT2D eigenvalue weighted by Crippen LogP contribution is 2.02. The van der Waals surface area contributed by atoms with E-state index in [4.69, 9.17) is 9.84 Å². The second-order valence-electron chi connectivity index (χ2n) is 4.13. The van der Waals surface area contributed by atoms with Gasteiger partial charge in [-0.3, -0.25) is 0 Å². The Bertz CT molecular complexity index is 256. The topological polar surface area (TPSA) is 78.9 Å². The number of nitrogens with one attached hydrogen (secondary N) is 1. The first-order valence-electron chi connectivity index (χ1n) is 5.72. The Labute approximate surface area is 102 Å². The number of hydrogen-bond acceptors (Lipinski definition) is 3. The van der Waals surface area contributed by atoms with E-state index in [1.165, 1.54) is 4.90 Å². The summed E-state index contributed by atoms with van der Waals surface area (Å²) in [5.41, 5.74) is 0. The summed E-state index contributed by atoms with van der Waals surface area (Å²) in [7, 11) is 1.60. The van der Waals surface area contributed by atoms with Gasteiger partial charge in [-0.15, -0.1) is 0 Å². The fourth-order valence-corrected chi connectivity index (χ4v) is 1.20. The maximum Gasteiger partial charge on any atom is 0.326 e. The Morgan fingerprint density at radius 1 is 1.41 bits per heavy atom. The molecule has 0 saturated carbocycles. The Kier molecular flexibility index (Phi) is 7.29. The average molecular weight is 246 g/mol. The Morgan fingerprint density at radius 2 is 2.00 bits per heavy atom. The first kappa shape index (κ1) is 15.7. The molecule has 2 N–H and O–H groups in total. The molecule has 0 bridgehead atoms. The van der Waals surface area contributed by atoms with Gasteiger partial charge in [-0.1, -0.05) is 13.8 Å². The first-order valence-corrected chi connectivity index (χ1v) is 5.72. The van der Waals surface area contributed by atoms with Gasteiger partial charge in [-0.05, 0) is 12.8 Å². The van der Waals surface area contributed by atoms with Crippen LogP contribution in [0.25, 0.3) is 0 Å². The molecule has 0 spiro atoms. The van der Waals surface area contributed by atoms with Crippen molar-refractivity contribution in [1.82, 2.24) is 10.2 Å². The van der Waals surface area contributed by atoms with Crippen molar-refractivity contribution >= 4 is 12.0 Å². The van der Waals surface area contributed by atoms with Crippen molar-refractivity contribution in [1.29, 1.82) is 0 Å². The van der Waals surface area contributed by atoms with Gasteiger partial charge in [-0.2, -0.15) is 0 Å². The van der Waals surface area contributed by atoms with Crippen LogP contribution < -0.4 is 5.32 Å². The molecule has 0 aromatic rings. The highest BCUT2D eigenvalue weighted by molar-refractivity contribution is 5.82. The predicted molar refractivity (Wildman–Crippen MR) is 63.9 cm³/mol. The van der Waals surface area contributed by atoms with Crippen molar-refractivity contribution in [3.63, 3.8) is 0 Å². The number of carbonyl (C=O) groups is 2. The highest BCUT2D eigenvalue weighted by Gasteiger charge is 2.24. The molecule has 1 atom stereocenters. The molecule has 0 aromatic heterocycles. The van der Waals surface area contributed by atoms with Crippen molar-refractivity contribution in [2.24, 2.45) is 5.92 Å². The maximum atomic E-state index is 11.7. The standard InChI is InChI=1S/C11H22N2O4/c1-5-17-7-6-13(4)11(16)12-9(8(2)3)10(14)15/h8-9H,5-7H2,1-4H3,(H,12,16)(H,14,15)/t9-/m0/s1. The van der Waals surface area contributed by atoms with Crippen molar-refractivity contribution in [2.45, 2.75) is 26.8 Å². The number of carboxylic acid groups (broad SMARTS) is 1. The Hall–Kier alpha value is -1.30. The molecule has 2 amide bonds. The van der Waals surface area contributed by atoms with Crippen LogP contribution in [0, 0.1) is 5.92 Å². The third kappa shape index (κ3) is 6.11. The summed E-state index contributed by atoms with van der Waals surface area (Å²) in [6.45, 7) is 6.85. The molecule has 0 aliphatic rings. The molecule has 0 aromatic carbocycles. The molecule has 0 heterocycles. The molecule has 0 unspecified atom stereocenters. The minimum absolute atomic E-state index is 0.156. The molecule has 6 nitrogen and oxygen atoms in total. The quantitative estimate of drug-likeness (QED) is 0.650. The first-order chi connectivity index (χ1) is 7.90. The zero-order valence-corrected chi connectivity index (χ0v) is 10.9. The van der Waals surface area contributed by atoms with Gasteiger partial charge in [0, 0.05) is 20.2 Å².